The quantitative estimate of drug-likeness (QED) is 0.612. The molecule has 0 saturated carbocycles. The molecular formula is C14H21N3O3. The molecule has 110 valence electrons. The monoisotopic (exact) mass is 279 g/mol. The number of carbonyl (C=O) groups is 2. The van der Waals surface area contributed by atoms with E-state index in [2.05, 4.69) is 10.6 Å². The Balaban J connectivity index is 2.65. The molecule has 6 nitrogen and oxygen atoms in total. The van der Waals surface area contributed by atoms with E-state index in [1.807, 2.05) is 6.92 Å². The van der Waals surface area contributed by atoms with Crippen molar-refractivity contribution in [2.24, 2.45) is 5.73 Å². The lowest BCUT2D eigenvalue weighted by Gasteiger charge is -2.11. The fourth-order valence-electron chi connectivity index (χ4n) is 1.57. The van der Waals surface area contributed by atoms with Crippen molar-refractivity contribution in [3.05, 3.63) is 29.8 Å². The van der Waals surface area contributed by atoms with Gasteiger partial charge in [-0.15, -0.1) is 0 Å². The van der Waals surface area contributed by atoms with Crippen molar-refractivity contribution in [2.45, 2.75) is 13.3 Å². The summed E-state index contributed by atoms with van der Waals surface area (Å²) in [4.78, 5) is 23.6. The largest absolute Gasteiger partial charge is 0.372 e. The molecule has 0 radical (unpaired) electrons. The van der Waals surface area contributed by atoms with Crippen LogP contribution in [0.25, 0.3) is 0 Å². The van der Waals surface area contributed by atoms with Gasteiger partial charge < -0.3 is 21.1 Å². The zero-order chi connectivity index (χ0) is 14.8. The molecule has 0 aromatic heterocycles. The minimum absolute atomic E-state index is 0.0212. The molecule has 0 atom stereocenters. The van der Waals surface area contributed by atoms with Gasteiger partial charge in [0.1, 0.15) is 6.61 Å². The molecule has 1 rings (SSSR count). The zero-order valence-corrected chi connectivity index (χ0v) is 11.6. The maximum atomic E-state index is 11.9. The number of benzene rings is 1. The molecule has 1 aromatic rings. The van der Waals surface area contributed by atoms with Gasteiger partial charge in [-0.05, 0) is 18.6 Å². The summed E-state index contributed by atoms with van der Waals surface area (Å²) >= 11 is 0. The van der Waals surface area contributed by atoms with E-state index in [4.69, 9.17) is 10.5 Å². The van der Waals surface area contributed by atoms with Crippen molar-refractivity contribution >= 4 is 17.5 Å². The van der Waals surface area contributed by atoms with Crippen LogP contribution in [0.4, 0.5) is 5.69 Å². The van der Waals surface area contributed by atoms with E-state index in [0.29, 0.717) is 30.9 Å². The average molecular weight is 279 g/mol. The maximum absolute atomic E-state index is 11.9. The van der Waals surface area contributed by atoms with Gasteiger partial charge in [0, 0.05) is 19.7 Å². The van der Waals surface area contributed by atoms with Gasteiger partial charge in [0.15, 0.2) is 0 Å². The van der Waals surface area contributed by atoms with Crippen LogP contribution in [0.1, 0.15) is 23.7 Å². The highest BCUT2D eigenvalue weighted by atomic mass is 16.5. The van der Waals surface area contributed by atoms with E-state index in [9.17, 15) is 9.59 Å². The molecule has 1 aromatic carbocycles. The zero-order valence-electron chi connectivity index (χ0n) is 11.6. The Morgan fingerprint density at radius 2 is 2.05 bits per heavy atom. The highest BCUT2D eigenvalue weighted by molar-refractivity contribution is 6.03. The normalized spacial score (nSPS) is 10.1. The summed E-state index contributed by atoms with van der Waals surface area (Å²) in [6.07, 6.45) is 0.853. The van der Waals surface area contributed by atoms with E-state index < -0.39 is 0 Å². The minimum atomic E-state index is -0.280. The van der Waals surface area contributed by atoms with E-state index >= 15 is 0 Å². The summed E-state index contributed by atoms with van der Waals surface area (Å²) < 4.78 is 5.15. The fraction of sp³-hybridized carbons (Fsp3) is 0.429. The molecule has 0 aliphatic carbocycles. The number of carbonyl (C=O) groups excluding carboxylic acids is 2. The van der Waals surface area contributed by atoms with Gasteiger partial charge in [0.05, 0.1) is 11.3 Å². The van der Waals surface area contributed by atoms with Crippen molar-refractivity contribution in [2.75, 3.05) is 31.6 Å². The highest BCUT2D eigenvalue weighted by Crippen LogP contribution is 2.14. The first-order chi connectivity index (χ1) is 9.69. The summed E-state index contributed by atoms with van der Waals surface area (Å²) in [7, 11) is 0. The molecule has 0 fully saturated rings. The number of para-hydroxylation sites is 1. The van der Waals surface area contributed by atoms with Crippen molar-refractivity contribution in [1.82, 2.24) is 5.32 Å². The number of ether oxygens (including phenoxy) is 1. The van der Waals surface area contributed by atoms with E-state index in [1.165, 1.54) is 0 Å². The average Bonchev–Trinajstić information content (AvgIpc) is 2.45. The molecule has 4 N–H and O–H groups in total. The van der Waals surface area contributed by atoms with Crippen LogP contribution in [0, 0.1) is 0 Å². The number of amides is 2. The summed E-state index contributed by atoms with van der Waals surface area (Å²) in [5.41, 5.74) is 6.21. The van der Waals surface area contributed by atoms with Crippen LogP contribution in [0.5, 0.6) is 0 Å². The number of hydrogen-bond donors (Lipinski definition) is 3. The van der Waals surface area contributed by atoms with Crippen LogP contribution in [0.3, 0.4) is 0 Å². The molecule has 20 heavy (non-hydrogen) atoms. The number of anilines is 1. The topological polar surface area (TPSA) is 93.4 Å². The molecular weight excluding hydrogens is 258 g/mol. The van der Waals surface area contributed by atoms with Crippen LogP contribution in [-0.2, 0) is 9.53 Å². The van der Waals surface area contributed by atoms with Crippen LogP contribution >= 0.6 is 0 Å². The summed E-state index contributed by atoms with van der Waals surface area (Å²) in [5.74, 6) is -0.543. The van der Waals surface area contributed by atoms with Crippen LogP contribution in [-0.4, -0.2) is 38.1 Å². The van der Waals surface area contributed by atoms with Gasteiger partial charge in [-0.2, -0.15) is 0 Å². The Morgan fingerprint density at radius 1 is 1.30 bits per heavy atom. The van der Waals surface area contributed by atoms with Gasteiger partial charge in [-0.25, -0.2) is 0 Å². The van der Waals surface area contributed by atoms with E-state index in [-0.39, 0.29) is 18.4 Å². The molecule has 0 unspecified atom stereocenters. The molecule has 2 amide bonds. The first kappa shape index (κ1) is 16.1. The molecule has 0 bridgehead atoms. The first-order valence-electron chi connectivity index (χ1n) is 6.64. The Morgan fingerprint density at radius 3 is 2.75 bits per heavy atom. The Labute approximate surface area is 118 Å². The third kappa shape index (κ3) is 5.38. The lowest BCUT2D eigenvalue weighted by molar-refractivity contribution is -0.120. The van der Waals surface area contributed by atoms with E-state index in [1.54, 1.807) is 24.3 Å². The second-order valence-electron chi connectivity index (χ2n) is 4.19. The molecule has 0 heterocycles. The van der Waals surface area contributed by atoms with Gasteiger partial charge in [0.25, 0.3) is 5.91 Å². The van der Waals surface area contributed by atoms with Crippen molar-refractivity contribution < 1.29 is 14.3 Å². The number of nitrogens with one attached hydrogen (secondary N) is 2. The first-order valence-corrected chi connectivity index (χ1v) is 6.64. The van der Waals surface area contributed by atoms with Gasteiger partial charge in [-0.3, -0.25) is 9.59 Å². The Hall–Kier alpha value is -1.92. The van der Waals surface area contributed by atoms with Crippen molar-refractivity contribution in [3.8, 4) is 0 Å². The molecule has 0 aliphatic heterocycles. The van der Waals surface area contributed by atoms with Crippen LogP contribution < -0.4 is 16.4 Å². The highest BCUT2D eigenvalue weighted by Gasteiger charge is 2.12. The van der Waals surface area contributed by atoms with Crippen LogP contribution in [0.15, 0.2) is 24.3 Å². The van der Waals surface area contributed by atoms with Crippen molar-refractivity contribution in [3.63, 3.8) is 0 Å². The lowest BCUT2D eigenvalue weighted by atomic mass is 10.1. The van der Waals surface area contributed by atoms with Crippen LogP contribution in [0.2, 0.25) is 0 Å². The van der Waals surface area contributed by atoms with Crippen molar-refractivity contribution in [1.29, 1.82) is 0 Å². The smallest absolute Gasteiger partial charge is 0.253 e. The molecule has 6 heteroatoms. The predicted octanol–water partition coefficient (Wildman–Crippen LogP) is 0.740. The molecule has 0 aliphatic rings. The van der Waals surface area contributed by atoms with E-state index in [0.717, 1.165) is 6.42 Å². The molecule has 0 saturated heterocycles. The summed E-state index contributed by atoms with van der Waals surface area (Å²) in [6, 6.07) is 6.81. The number of nitrogens with two attached hydrogens (primary N) is 1. The Bertz CT molecular complexity index is 449. The maximum Gasteiger partial charge on any atom is 0.253 e. The Kier molecular flexibility index (Phi) is 7.31. The minimum Gasteiger partial charge on any atom is -0.372 e. The fourth-order valence-corrected chi connectivity index (χ4v) is 1.57. The second kappa shape index (κ2) is 9.06. The van der Waals surface area contributed by atoms with Gasteiger partial charge in [0.2, 0.25) is 5.91 Å². The lowest BCUT2D eigenvalue weighted by Crippen LogP contribution is -2.30. The predicted molar refractivity (Wildman–Crippen MR) is 77.6 cm³/mol. The number of rotatable bonds is 8. The third-order valence-electron chi connectivity index (χ3n) is 2.46. The SMILES string of the molecule is CCCOCC(=O)Nc1ccccc1C(=O)NCCN. The second-order valence-corrected chi connectivity index (χ2v) is 4.19. The number of hydrogen-bond acceptors (Lipinski definition) is 4. The summed E-state index contributed by atoms with van der Waals surface area (Å²) in [5, 5.41) is 5.34. The van der Waals surface area contributed by atoms with Gasteiger partial charge >= 0.3 is 0 Å². The standard InChI is InChI=1S/C14H21N3O3/c1-2-9-20-10-13(18)17-12-6-4-3-5-11(12)14(19)16-8-7-15/h3-6H,2,7-10,15H2,1H3,(H,16,19)(H,17,18). The molecule has 0 spiro atoms. The van der Waals surface area contributed by atoms with Gasteiger partial charge in [-0.1, -0.05) is 19.1 Å². The third-order valence-corrected chi connectivity index (χ3v) is 2.46. The summed E-state index contributed by atoms with van der Waals surface area (Å²) in [6.45, 7) is 3.24.